The molecule has 0 radical (unpaired) electrons. The number of carbonyl (C=O) groups is 1. The van der Waals surface area contributed by atoms with Crippen molar-refractivity contribution < 1.29 is 17.7 Å². The summed E-state index contributed by atoms with van der Waals surface area (Å²) in [6.07, 6.45) is 3.45. The number of hydrogen-bond donors (Lipinski definition) is 1. The topological polar surface area (TPSA) is 63.6 Å². The molecule has 1 aromatic carbocycles. The normalized spacial score (nSPS) is 19.7. The van der Waals surface area contributed by atoms with E-state index in [0.29, 0.717) is 0 Å². The Bertz CT molecular complexity index is 452. The van der Waals surface area contributed by atoms with Gasteiger partial charge in [-0.3, -0.25) is 4.55 Å². The SMILES string of the molecule is O=C(OS(=O)O)C1C=Cc2ccccc21. The lowest BCUT2D eigenvalue weighted by atomic mass is 10.0. The Hall–Kier alpha value is -1.46. The summed E-state index contributed by atoms with van der Waals surface area (Å²) < 4.78 is 23.0. The molecule has 1 aliphatic rings. The summed E-state index contributed by atoms with van der Waals surface area (Å²) in [5.41, 5.74) is 1.73. The molecule has 78 valence electrons. The standard InChI is InChI=1S/C10H8O4S/c11-10(14-15(12)13)9-6-5-7-3-1-2-4-8(7)9/h1-6,9H,(H,12,13). The Labute approximate surface area is 89.1 Å². The molecule has 0 heterocycles. The lowest BCUT2D eigenvalue weighted by Gasteiger charge is -2.07. The van der Waals surface area contributed by atoms with Crippen molar-refractivity contribution in [3.05, 3.63) is 41.5 Å². The van der Waals surface area contributed by atoms with E-state index in [0.717, 1.165) is 11.1 Å². The van der Waals surface area contributed by atoms with Crippen molar-refractivity contribution in [3.63, 3.8) is 0 Å². The maximum atomic E-state index is 11.4. The van der Waals surface area contributed by atoms with Crippen molar-refractivity contribution >= 4 is 23.4 Å². The molecule has 15 heavy (non-hydrogen) atoms. The van der Waals surface area contributed by atoms with Crippen molar-refractivity contribution in [2.75, 3.05) is 0 Å². The first kappa shape index (κ1) is 10.1. The molecular weight excluding hydrogens is 216 g/mol. The van der Waals surface area contributed by atoms with Crippen LogP contribution in [0.25, 0.3) is 6.08 Å². The highest BCUT2D eigenvalue weighted by atomic mass is 32.2. The van der Waals surface area contributed by atoms with Crippen LogP contribution in [0.1, 0.15) is 17.0 Å². The van der Waals surface area contributed by atoms with E-state index in [1.165, 1.54) is 0 Å². The van der Waals surface area contributed by atoms with Gasteiger partial charge in [0.15, 0.2) is 0 Å². The molecule has 5 heteroatoms. The number of hydrogen-bond acceptors (Lipinski definition) is 3. The van der Waals surface area contributed by atoms with Crippen LogP contribution in [-0.2, 0) is 20.3 Å². The minimum absolute atomic E-state index is 0.572. The summed E-state index contributed by atoms with van der Waals surface area (Å²) in [5.74, 6) is -1.28. The number of fused-ring (bicyclic) bond motifs is 1. The first-order valence-electron chi connectivity index (χ1n) is 4.28. The van der Waals surface area contributed by atoms with Gasteiger partial charge in [-0.15, -0.1) is 0 Å². The van der Waals surface area contributed by atoms with E-state index in [9.17, 15) is 9.00 Å². The number of rotatable bonds is 2. The highest BCUT2D eigenvalue weighted by molar-refractivity contribution is 7.74. The van der Waals surface area contributed by atoms with E-state index < -0.39 is 23.2 Å². The van der Waals surface area contributed by atoms with Crippen molar-refractivity contribution in [2.45, 2.75) is 5.92 Å². The minimum atomic E-state index is -2.55. The number of carbonyl (C=O) groups excluding carboxylic acids is 1. The quantitative estimate of drug-likeness (QED) is 0.773. The average molecular weight is 224 g/mol. The van der Waals surface area contributed by atoms with Gasteiger partial charge in [-0.25, -0.2) is 4.79 Å². The highest BCUT2D eigenvalue weighted by Crippen LogP contribution is 2.30. The summed E-state index contributed by atoms with van der Waals surface area (Å²) in [4.78, 5) is 11.4. The molecule has 0 saturated heterocycles. The largest absolute Gasteiger partial charge is 0.360 e. The maximum absolute atomic E-state index is 11.4. The molecule has 0 saturated carbocycles. The second-order valence-corrected chi connectivity index (χ2v) is 3.69. The van der Waals surface area contributed by atoms with Crippen molar-refractivity contribution in [1.29, 1.82) is 0 Å². The summed E-state index contributed by atoms with van der Waals surface area (Å²) >= 11 is -2.55. The van der Waals surface area contributed by atoms with E-state index in [1.807, 2.05) is 18.2 Å². The van der Waals surface area contributed by atoms with Crippen molar-refractivity contribution in [3.8, 4) is 0 Å². The molecule has 1 N–H and O–H groups in total. The van der Waals surface area contributed by atoms with Crippen LogP contribution < -0.4 is 0 Å². The van der Waals surface area contributed by atoms with Gasteiger partial charge >= 0.3 is 17.3 Å². The predicted octanol–water partition coefficient (Wildman–Crippen LogP) is 1.48. The monoisotopic (exact) mass is 224 g/mol. The zero-order chi connectivity index (χ0) is 10.8. The van der Waals surface area contributed by atoms with Crippen LogP contribution in [0.5, 0.6) is 0 Å². The summed E-state index contributed by atoms with van der Waals surface area (Å²) in [5, 5.41) is 0. The highest BCUT2D eigenvalue weighted by Gasteiger charge is 2.26. The van der Waals surface area contributed by atoms with Gasteiger partial charge < -0.3 is 4.18 Å². The lowest BCUT2D eigenvalue weighted by Crippen LogP contribution is -2.14. The first-order chi connectivity index (χ1) is 7.18. The molecular formula is C10H8O4S. The van der Waals surface area contributed by atoms with Gasteiger partial charge in [0.05, 0.1) is 0 Å². The fourth-order valence-corrected chi connectivity index (χ4v) is 1.82. The van der Waals surface area contributed by atoms with Crippen molar-refractivity contribution in [2.24, 2.45) is 0 Å². The van der Waals surface area contributed by atoms with E-state index >= 15 is 0 Å². The molecule has 0 bridgehead atoms. The summed E-state index contributed by atoms with van der Waals surface area (Å²) in [6, 6.07) is 7.33. The van der Waals surface area contributed by atoms with E-state index in [4.69, 9.17) is 4.55 Å². The fraction of sp³-hybridized carbons (Fsp3) is 0.100. The van der Waals surface area contributed by atoms with Gasteiger partial charge in [0, 0.05) is 0 Å². The van der Waals surface area contributed by atoms with E-state index in [-0.39, 0.29) is 0 Å². The molecule has 2 rings (SSSR count). The Morgan fingerprint density at radius 1 is 1.40 bits per heavy atom. The molecule has 2 unspecified atom stereocenters. The molecule has 0 fully saturated rings. The van der Waals surface area contributed by atoms with Crippen molar-refractivity contribution in [1.82, 2.24) is 0 Å². The van der Waals surface area contributed by atoms with Gasteiger partial charge in [0.2, 0.25) is 0 Å². The minimum Gasteiger partial charge on any atom is -0.342 e. The summed E-state index contributed by atoms with van der Waals surface area (Å²) in [6.45, 7) is 0. The van der Waals surface area contributed by atoms with E-state index in [1.54, 1.807) is 18.2 Å². The Morgan fingerprint density at radius 3 is 2.87 bits per heavy atom. The van der Waals surface area contributed by atoms with Gasteiger partial charge in [0.25, 0.3) is 0 Å². The Morgan fingerprint density at radius 2 is 2.13 bits per heavy atom. The Balaban J connectivity index is 2.24. The summed E-state index contributed by atoms with van der Waals surface area (Å²) in [7, 11) is 0. The molecule has 1 aromatic rings. The van der Waals surface area contributed by atoms with Gasteiger partial charge in [-0.1, -0.05) is 36.4 Å². The third-order valence-electron chi connectivity index (χ3n) is 2.21. The van der Waals surface area contributed by atoms with Gasteiger partial charge in [-0.2, -0.15) is 4.21 Å². The van der Waals surface area contributed by atoms with Crippen LogP contribution in [0.3, 0.4) is 0 Å². The predicted molar refractivity (Wildman–Crippen MR) is 55.1 cm³/mol. The van der Waals surface area contributed by atoms with Crippen LogP contribution in [-0.4, -0.2) is 14.7 Å². The zero-order valence-electron chi connectivity index (χ0n) is 7.62. The van der Waals surface area contributed by atoms with Crippen LogP contribution in [0.15, 0.2) is 30.3 Å². The van der Waals surface area contributed by atoms with E-state index in [2.05, 4.69) is 4.18 Å². The van der Waals surface area contributed by atoms with Gasteiger partial charge in [0.1, 0.15) is 5.92 Å². The van der Waals surface area contributed by atoms with Crippen LogP contribution in [0.4, 0.5) is 0 Å². The fourth-order valence-electron chi connectivity index (χ4n) is 1.58. The second kappa shape index (κ2) is 3.96. The second-order valence-electron chi connectivity index (χ2n) is 3.09. The van der Waals surface area contributed by atoms with Gasteiger partial charge in [-0.05, 0) is 11.1 Å². The lowest BCUT2D eigenvalue weighted by molar-refractivity contribution is -0.134. The smallest absolute Gasteiger partial charge is 0.342 e. The molecule has 0 aliphatic heterocycles. The van der Waals surface area contributed by atoms with Crippen LogP contribution in [0.2, 0.25) is 0 Å². The average Bonchev–Trinajstić information content (AvgIpc) is 2.59. The van der Waals surface area contributed by atoms with Crippen LogP contribution in [0, 0.1) is 0 Å². The van der Waals surface area contributed by atoms with Crippen LogP contribution >= 0.6 is 0 Å². The first-order valence-corrected chi connectivity index (χ1v) is 5.32. The molecule has 4 nitrogen and oxygen atoms in total. The maximum Gasteiger partial charge on any atom is 0.360 e. The molecule has 0 aromatic heterocycles. The molecule has 2 atom stereocenters. The number of benzene rings is 1. The molecule has 0 amide bonds. The molecule has 0 spiro atoms. The zero-order valence-corrected chi connectivity index (χ0v) is 8.44. The third-order valence-corrected chi connectivity index (χ3v) is 2.51. The third kappa shape index (κ3) is 1.98. The Kier molecular flexibility index (Phi) is 2.66. The molecule has 1 aliphatic carbocycles.